The Hall–Kier alpha value is -3.02. The van der Waals surface area contributed by atoms with Crippen LogP contribution in [0.2, 0.25) is 0 Å². The van der Waals surface area contributed by atoms with Gasteiger partial charge in [-0.1, -0.05) is 37.0 Å². The van der Waals surface area contributed by atoms with E-state index in [1.807, 2.05) is 23.1 Å². The van der Waals surface area contributed by atoms with E-state index in [0.29, 0.717) is 12.6 Å². The quantitative estimate of drug-likeness (QED) is 0.626. The number of benzene rings is 2. The fourth-order valence-electron chi connectivity index (χ4n) is 5.08. The van der Waals surface area contributed by atoms with Crippen molar-refractivity contribution in [2.75, 3.05) is 26.2 Å². The van der Waals surface area contributed by atoms with Crippen LogP contribution in [-0.2, 0) is 0 Å². The molecule has 33 heavy (non-hydrogen) atoms. The molecule has 0 spiro atoms. The van der Waals surface area contributed by atoms with Crippen molar-refractivity contribution in [1.82, 2.24) is 15.1 Å². The Labute approximate surface area is 196 Å². The van der Waals surface area contributed by atoms with E-state index in [1.54, 1.807) is 0 Å². The highest BCUT2D eigenvalue weighted by molar-refractivity contribution is 6.04. The Kier molecular flexibility index (Phi) is 6.25. The van der Waals surface area contributed by atoms with Crippen LogP contribution in [0.4, 0.5) is 10.5 Å². The topological polar surface area (TPSA) is 57.2 Å². The van der Waals surface area contributed by atoms with Crippen molar-refractivity contribution in [2.45, 2.75) is 58.4 Å². The van der Waals surface area contributed by atoms with Crippen molar-refractivity contribution in [1.29, 1.82) is 0 Å². The smallest absolute Gasteiger partial charge is 0.317 e. The van der Waals surface area contributed by atoms with Gasteiger partial charge in [-0.2, -0.15) is 0 Å². The number of nitrogens with zero attached hydrogens (tertiary/aromatic N) is 3. The van der Waals surface area contributed by atoms with E-state index < -0.39 is 0 Å². The van der Waals surface area contributed by atoms with E-state index in [1.165, 1.54) is 24.8 Å². The number of nitrogens with one attached hydrogen (secondary N) is 1. The molecule has 0 bridgehead atoms. The van der Waals surface area contributed by atoms with E-state index in [-0.39, 0.29) is 6.03 Å². The molecule has 5 rings (SSSR count). The number of amides is 2. The number of ether oxygens (including phenoxy) is 1. The summed E-state index contributed by atoms with van der Waals surface area (Å²) >= 11 is 0. The number of hydrogen-bond acceptors (Lipinski definition) is 4. The molecule has 3 aliphatic rings. The van der Waals surface area contributed by atoms with Gasteiger partial charge in [-0.3, -0.25) is 0 Å². The molecule has 0 radical (unpaired) electrons. The van der Waals surface area contributed by atoms with Gasteiger partial charge in [0.1, 0.15) is 17.3 Å². The molecule has 2 aliphatic heterocycles. The zero-order valence-corrected chi connectivity index (χ0v) is 19.8. The monoisotopic (exact) mass is 446 g/mol. The minimum absolute atomic E-state index is 0.0898. The molecule has 1 aliphatic carbocycles. The lowest BCUT2D eigenvalue weighted by atomic mass is 9.96. The Morgan fingerprint density at radius 1 is 0.909 bits per heavy atom. The lowest BCUT2D eigenvalue weighted by Crippen LogP contribution is -2.47. The molecule has 2 heterocycles. The van der Waals surface area contributed by atoms with Gasteiger partial charge >= 0.3 is 6.03 Å². The molecular weight excluding hydrogens is 412 g/mol. The van der Waals surface area contributed by atoms with Gasteiger partial charge in [0.05, 0.1) is 5.56 Å². The minimum atomic E-state index is 0.0898. The van der Waals surface area contributed by atoms with E-state index in [9.17, 15) is 4.79 Å². The van der Waals surface area contributed by atoms with E-state index in [2.05, 4.69) is 42.3 Å². The molecule has 174 valence electrons. The second-order valence-electron chi connectivity index (χ2n) is 9.62. The van der Waals surface area contributed by atoms with Crippen LogP contribution in [0.1, 0.15) is 55.2 Å². The van der Waals surface area contributed by atoms with Gasteiger partial charge in [0, 0.05) is 32.2 Å². The first-order valence-corrected chi connectivity index (χ1v) is 12.4. The van der Waals surface area contributed by atoms with Gasteiger partial charge in [-0.15, -0.1) is 0 Å². The second kappa shape index (κ2) is 9.46. The number of aliphatic imine (C=N–C) groups is 1. The largest absolute Gasteiger partial charge is 0.454 e. The summed E-state index contributed by atoms with van der Waals surface area (Å²) in [7, 11) is 0. The van der Waals surface area contributed by atoms with Crippen LogP contribution in [-0.4, -0.2) is 53.9 Å². The highest BCUT2D eigenvalue weighted by Gasteiger charge is 2.27. The van der Waals surface area contributed by atoms with Crippen LogP contribution in [0.3, 0.4) is 0 Å². The number of carbonyl (C=O) groups excluding carboxylic acids is 1. The zero-order valence-electron chi connectivity index (χ0n) is 19.8. The highest BCUT2D eigenvalue weighted by Crippen LogP contribution is 2.39. The van der Waals surface area contributed by atoms with Crippen molar-refractivity contribution in [3.63, 3.8) is 0 Å². The Balaban J connectivity index is 1.38. The zero-order chi connectivity index (χ0) is 22.8. The number of hydrogen-bond donors (Lipinski definition) is 1. The molecule has 6 nitrogen and oxygen atoms in total. The van der Waals surface area contributed by atoms with Crippen molar-refractivity contribution < 1.29 is 9.53 Å². The summed E-state index contributed by atoms with van der Waals surface area (Å²) in [5, 5.41) is 3.28. The molecule has 2 amide bonds. The summed E-state index contributed by atoms with van der Waals surface area (Å²) in [5.41, 5.74) is 4.19. The first-order chi connectivity index (χ1) is 16.1. The lowest BCUT2D eigenvalue weighted by molar-refractivity contribution is 0.192. The molecular formula is C27H34N4O2. The molecule has 2 aromatic rings. The molecule has 1 N–H and O–H groups in total. The van der Waals surface area contributed by atoms with Crippen molar-refractivity contribution >= 4 is 17.6 Å². The van der Waals surface area contributed by atoms with Gasteiger partial charge in [0.25, 0.3) is 0 Å². The van der Waals surface area contributed by atoms with Crippen LogP contribution in [0.15, 0.2) is 41.4 Å². The van der Waals surface area contributed by atoms with E-state index in [4.69, 9.17) is 9.73 Å². The maximum atomic E-state index is 12.9. The van der Waals surface area contributed by atoms with Crippen LogP contribution in [0, 0.1) is 13.8 Å². The Morgan fingerprint density at radius 2 is 1.70 bits per heavy atom. The maximum Gasteiger partial charge on any atom is 0.317 e. The van der Waals surface area contributed by atoms with Gasteiger partial charge in [0.15, 0.2) is 5.75 Å². The molecule has 0 unspecified atom stereocenters. The number of urea groups is 1. The summed E-state index contributed by atoms with van der Waals surface area (Å²) in [5.74, 6) is 2.56. The predicted octanol–water partition coefficient (Wildman–Crippen LogP) is 5.54. The SMILES string of the molecule is Cc1ccc2c(c1)Oc1ccc(C)cc1C(N1CCCN(C(=O)NC3CCCCC3)CC1)=N2. The van der Waals surface area contributed by atoms with Gasteiger partial charge in [-0.25, -0.2) is 9.79 Å². The molecule has 6 heteroatoms. The first kappa shape index (κ1) is 21.8. The highest BCUT2D eigenvalue weighted by atomic mass is 16.5. The summed E-state index contributed by atoms with van der Waals surface area (Å²) in [4.78, 5) is 22.3. The first-order valence-electron chi connectivity index (χ1n) is 12.4. The van der Waals surface area contributed by atoms with Crippen LogP contribution >= 0.6 is 0 Å². The number of aryl methyl sites for hydroxylation is 2. The van der Waals surface area contributed by atoms with Crippen LogP contribution in [0.25, 0.3) is 0 Å². The van der Waals surface area contributed by atoms with Crippen molar-refractivity contribution in [2.24, 2.45) is 4.99 Å². The van der Waals surface area contributed by atoms with Crippen LogP contribution in [0.5, 0.6) is 11.5 Å². The summed E-state index contributed by atoms with van der Waals surface area (Å²) < 4.78 is 6.32. The number of carbonyl (C=O) groups is 1. The molecule has 2 fully saturated rings. The Bertz CT molecular complexity index is 1060. The molecule has 1 saturated carbocycles. The fraction of sp³-hybridized carbons (Fsp3) is 0.481. The van der Waals surface area contributed by atoms with Gasteiger partial charge in [-0.05, 0) is 62.9 Å². The third-order valence-corrected chi connectivity index (χ3v) is 6.95. The number of rotatable bonds is 1. The Morgan fingerprint density at radius 3 is 2.55 bits per heavy atom. The summed E-state index contributed by atoms with van der Waals surface area (Å²) in [6.07, 6.45) is 6.87. The van der Waals surface area contributed by atoms with Gasteiger partial charge < -0.3 is 19.9 Å². The number of fused-ring (bicyclic) bond motifs is 2. The molecule has 0 atom stereocenters. The standard InChI is InChI=1S/C27H34N4O2/c1-19-10-12-24-22(17-19)26(29-23-11-9-20(2)18-25(23)33-24)30-13-6-14-31(16-15-30)27(32)28-21-7-4-3-5-8-21/h9-12,17-18,21H,3-8,13-16H2,1-2H3,(H,28,32). The van der Waals surface area contributed by atoms with E-state index in [0.717, 1.165) is 73.0 Å². The van der Waals surface area contributed by atoms with Crippen molar-refractivity contribution in [3.8, 4) is 11.5 Å². The van der Waals surface area contributed by atoms with E-state index >= 15 is 0 Å². The minimum Gasteiger partial charge on any atom is -0.454 e. The molecule has 2 aromatic carbocycles. The molecule has 0 aromatic heterocycles. The average molecular weight is 447 g/mol. The average Bonchev–Trinajstić information content (AvgIpc) is 3.14. The lowest BCUT2D eigenvalue weighted by Gasteiger charge is -2.28. The summed E-state index contributed by atoms with van der Waals surface area (Å²) in [6.45, 7) is 7.25. The van der Waals surface area contributed by atoms with Gasteiger partial charge in [0.2, 0.25) is 0 Å². The number of amidine groups is 1. The third-order valence-electron chi connectivity index (χ3n) is 6.95. The van der Waals surface area contributed by atoms with Crippen molar-refractivity contribution in [3.05, 3.63) is 53.1 Å². The normalized spacial score (nSPS) is 18.9. The molecule has 1 saturated heterocycles. The second-order valence-corrected chi connectivity index (χ2v) is 9.62. The maximum absolute atomic E-state index is 12.9. The van der Waals surface area contributed by atoms with Crippen LogP contribution < -0.4 is 10.1 Å². The predicted molar refractivity (Wildman–Crippen MR) is 132 cm³/mol. The summed E-state index contributed by atoms with van der Waals surface area (Å²) in [6, 6.07) is 12.9. The fourth-order valence-corrected chi connectivity index (χ4v) is 5.08. The third kappa shape index (κ3) is 4.85.